The Bertz CT molecular complexity index is 1460. The van der Waals surface area contributed by atoms with Gasteiger partial charge < -0.3 is 10.1 Å². The van der Waals surface area contributed by atoms with Crippen molar-refractivity contribution in [1.82, 2.24) is 0 Å². The van der Waals surface area contributed by atoms with Gasteiger partial charge >= 0.3 is 0 Å². The van der Waals surface area contributed by atoms with Crippen molar-refractivity contribution in [3.05, 3.63) is 82.2 Å². The second-order valence-electron chi connectivity index (χ2n) is 7.37. The topological polar surface area (TPSA) is 75.7 Å². The van der Waals surface area contributed by atoms with Crippen LogP contribution in [0.5, 0.6) is 5.75 Å². The molecule has 0 bridgehead atoms. The number of methoxy groups -OCH3 is 1. The van der Waals surface area contributed by atoms with E-state index in [0.29, 0.717) is 16.3 Å². The van der Waals surface area contributed by atoms with Gasteiger partial charge in [0.15, 0.2) is 0 Å². The number of benzene rings is 3. The number of hydrogen-bond acceptors (Lipinski definition) is 5. The third-order valence-corrected chi connectivity index (χ3v) is 8.45. The molecule has 6 nitrogen and oxygen atoms in total. The van der Waals surface area contributed by atoms with E-state index in [9.17, 15) is 13.2 Å². The number of hydrogen-bond donors (Lipinski definition) is 1. The summed E-state index contributed by atoms with van der Waals surface area (Å²) in [5.41, 5.74) is 2.20. The first-order chi connectivity index (χ1) is 15.7. The van der Waals surface area contributed by atoms with Crippen LogP contribution in [-0.2, 0) is 10.0 Å². The van der Waals surface area contributed by atoms with Crippen LogP contribution >= 0.6 is 22.9 Å². The fourth-order valence-corrected chi connectivity index (χ4v) is 5.81. The molecule has 1 N–H and O–H groups in total. The van der Waals surface area contributed by atoms with E-state index in [0.717, 1.165) is 21.3 Å². The molecule has 170 valence electrons. The molecule has 0 saturated carbocycles. The Kier molecular flexibility index (Phi) is 6.34. The highest BCUT2D eigenvalue weighted by Crippen LogP contribution is 2.33. The molecule has 0 radical (unpaired) electrons. The van der Waals surface area contributed by atoms with Crippen LogP contribution in [0.2, 0.25) is 5.02 Å². The Hall–Kier alpha value is -3.07. The lowest BCUT2D eigenvalue weighted by molar-refractivity contribution is 0.103. The maximum Gasteiger partial charge on any atom is 0.265 e. The molecule has 0 aliphatic carbocycles. The Balaban J connectivity index is 1.62. The average molecular weight is 501 g/mol. The number of carbonyl (C=O) groups is 1. The molecule has 0 fully saturated rings. The van der Waals surface area contributed by atoms with Crippen LogP contribution in [-0.4, -0.2) is 28.5 Å². The zero-order valence-electron chi connectivity index (χ0n) is 18.1. The van der Waals surface area contributed by atoms with Crippen LogP contribution < -0.4 is 14.4 Å². The van der Waals surface area contributed by atoms with Gasteiger partial charge in [-0.2, -0.15) is 0 Å². The Labute approximate surface area is 201 Å². The molecule has 0 atom stereocenters. The number of carbonyl (C=O) groups excluding carboxylic acids is 1. The van der Waals surface area contributed by atoms with E-state index in [-0.39, 0.29) is 15.8 Å². The van der Waals surface area contributed by atoms with Gasteiger partial charge in [-0.05, 0) is 66.4 Å². The van der Waals surface area contributed by atoms with Crippen molar-refractivity contribution in [2.45, 2.75) is 11.8 Å². The van der Waals surface area contributed by atoms with E-state index in [2.05, 4.69) is 5.32 Å². The van der Waals surface area contributed by atoms with Crippen molar-refractivity contribution in [2.24, 2.45) is 0 Å². The number of fused-ring (bicyclic) bond motifs is 1. The van der Waals surface area contributed by atoms with Crippen LogP contribution in [0.15, 0.2) is 71.6 Å². The summed E-state index contributed by atoms with van der Waals surface area (Å²) < 4.78 is 33.4. The summed E-state index contributed by atoms with van der Waals surface area (Å²) in [6, 6.07) is 18.9. The lowest BCUT2D eigenvalue weighted by Crippen LogP contribution is -2.26. The van der Waals surface area contributed by atoms with Gasteiger partial charge in [-0.3, -0.25) is 9.10 Å². The normalized spacial score (nSPS) is 11.4. The number of sulfonamides is 1. The highest BCUT2D eigenvalue weighted by atomic mass is 35.5. The summed E-state index contributed by atoms with van der Waals surface area (Å²) >= 11 is 7.47. The monoisotopic (exact) mass is 500 g/mol. The lowest BCUT2D eigenvalue weighted by atomic mass is 10.2. The van der Waals surface area contributed by atoms with Gasteiger partial charge in [0.05, 0.1) is 27.6 Å². The minimum atomic E-state index is -3.85. The minimum Gasteiger partial charge on any atom is -0.495 e. The number of anilines is 2. The predicted molar refractivity (Wildman–Crippen MR) is 135 cm³/mol. The predicted octanol–water partition coefficient (Wildman–Crippen LogP) is 5.95. The number of nitrogens with one attached hydrogen (secondary N) is 1. The molecule has 4 rings (SSSR count). The molecular weight excluding hydrogens is 480 g/mol. The molecule has 1 aromatic heterocycles. The second kappa shape index (κ2) is 9.05. The highest BCUT2D eigenvalue weighted by Gasteiger charge is 2.23. The molecule has 0 unspecified atom stereocenters. The first-order valence-electron chi connectivity index (χ1n) is 9.94. The van der Waals surface area contributed by atoms with Gasteiger partial charge in [-0.25, -0.2) is 8.42 Å². The summed E-state index contributed by atoms with van der Waals surface area (Å²) in [5, 5.41) is 3.92. The van der Waals surface area contributed by atoms with Crippen molar-refractivity contribution in [3.8, 4) is 5.75 Å². The number of aryl methyl sites for hydroxylation is 1. The molecule has 33 heavy (non-hydrogen) atoms. The third kappa shape index (κ3) is 4.55. The van der Waals surface area contributed by atoms with E-state index in [4.69, 9.17) is 16.3 Å². The third-order valence-electron chi connectivity index (χ3n) is 5.26. The standard InChI is InChI=1S/C24H21ClN2O4S2/c1-15-6-4-5-7-20(15)26-24(28)23-13-16-12-17(8-11-22(16)32-23)27(2)33(29,30)18-9-10-21(31-3)19(25)14-18/h4-14H,1-3H3,(H,26,28). The second-order valence-corrected chi connectivity index (χ2v) is 10.8. The van der Waals surface area contributed by atoms with Crippen molar-refractivity contribution in [1.29, 1.82) is 0 Å². The van der Waals surface area contributed by atoms with Gasteiger partial charge in [0.25, 0.3) is 15.9 Å². The molecule has 3 aromatic carbocycles. The van der Waals surface area contributed by atoms with Crippen LogP contribution in [0.3, 0.4) is 0 Å². The van der Waals surface area contributed by atoms with Crippen LogP contribution in [0, 0.1) is 6.92 Å². The molecule has 0 spiro atoms. The van der Waals surface area contributed by atoms with Gasteiger partial charge in [-0.15, -0.1) is 11.3 Å². The van der Waals surface area contributed by atoms with E-state index >= 15 is 0 Å². The number of thiophene rings is 1. The highest BCUT2D eigenvalue weighted by molar-refractivity contribution is 7.92. The molecule has 1 amide bonds. The van der Waals surface area contributed by atoms with Crippen LogP contribution in [0.1, 0.15) is 15.2 Å². The molecular formula is C24H21ClN2O4S2. The fourth-order valence-electron chi connectivity index (χ4n) is 3.34. The number of para-hydroxylation sites is 1. The summed E-state index contributed by atoms with van der Waals surface area (Å²) in [5.74, 6) is 0.190. The fraction of sp³-hybridized carbons (Fsp3) is 0.125. The van der Waals surface area contributed by atoms with E-state index in [1.54, 1.807) is 18.2 Å². The smallest absolute Gasteiger partial charge is 0.265 e. The molecule has 9 heteroatoms. The largest absolute Gasteiger partial charge is 0.495 e. The molecule has 0 aliphatic heterocycles. The van der Waals surface area contributed by atoms with Crippen molar-refractivity contribution in [3.63, 3.8) is 0 Å². The molecule has 0 saturated heterocycles. The molecule has 4 aromatic rings. The quantitative estimate of drug-likeness (QED) is 0.355. The summed E-state index contributed by atoms with van der Waals surface area (Å²) in [6.07, 6.45) is 0. The first kappa shape index (κ1) is 23.1. The van der Waals surface area contributed by atoms with Gasteiger partial charge in [-0.1, -0.05) is 29.8 Å². The Morgan fingerprint density at radius 1 is 1.06 bits per heavy atom. The average Bonchev–Trinajstić information content (AvgIpc) is 3.23. The Morgan fingerprint density at radius 3 is 2.52 bits per heavy atom. The number of amides is 1. The zero-order chi connectivity index (χ0) is 23.8. The zero-order valence-corrected chi connectivity index (χ0v) is 20.5. The first-order valence-corrected chi connectivity index (χ1v) is 12.6. The SMILES string of the molecule is COc1ccc(S(=O)(=O)N(C)c2ccc3sc(C(=O)Nc4ccccc4C)cc3c2)cc1Cl. The lowest BCUT2D eigenvalue weighted by Gasteiger charge is -2.20. The number of nitrogens with zero attached hydrogens (tertiary/aromatic N) is 1. The number of rotatable bonds is 6. The van der Waals surface area contributed by atoms with Crippen LogP contribution in [0.25, 0.3) is 10.1 Å². The Morgan fingerprint density at radius 2 is 1.82 bits per heavy atom. The van der Waals surface area contributed by atoms with Gasteiger partial charge in [0.2, 0.25) is 0 Å². The maximum atomic E-state index is 13.1. The van der Waals surface area contributed by atoms with E-state index in [1.165, 1.54) is 48.0 Å². The number of halogens is 1. The number of ether oxygens (including phenoxy) is 1. The minimum absolute atomic E-state index is 0.0551. The van der Waals surface area contributed by atoms with Gasteiger partial charge in [0.1, 0.15) is 5.75 Å². The molecule has 0 aliphatic rings. The van der Waals surface area contributed by atoms with Crippen molar-refractivity contribution in [2.75, 3.05) is 23.8 Å². The summed E-state index contributed by atoms with van der Waals surface area (Å²) in [7, 11) is -0.901. The van der Waals surface area contributed by atoms with E-state index < -0.39 is 10.0 Å². The maximum absolute atomic E-state index is 13.1. The van der Waals surface area contributed by atoms with Crippen molar-refractivity contribution >= 4 is 60.3 Å². The molecule has 1 heterocycles. The van der Waals surface area contributed by atoms with Gasteiger partial charge in [0, 0.05) is 17.4 Å². The van der Waals surface area contributed by atoms with Crippen molar-refractivity contribution < 1.29 is 17.9 Å². The van der Waals surface area contributed by atoms with E-state index in [1.807, 2.05) is 37.3 Å². The summed E-state index contributed by atoms with van der Waals surface area (Å²) in [6.45, 7) is 1.93. The summed E-state index contributed by atoms with van der Waals surface area (Å²) in [4.78, 5) is 13.3. The van der Waals surface area contributed by atoms with Crippen LogP contribution in [0.4, 0.5) is 11.4 Å².